The van der Waals surface area contributed by atoms with Gasteiger partial charge in [-0.05, 0) is 30.7 Å². The van der Waals surface area contributed by atoms with Gasteiger partial charge in [-0.3, -0.25) is 0 Å². The van der Waals surface area contributed by atoms with Gasteiger partial charge in [0.05, 0.1) is 18.0 Å². The molecular formula is C14H15N3OS. The van der Waals surface area contributed by atoms with Crippen molar-refractivity contribution in [3.8, 4) is 0 Å². The molecule has 1 atom stereocenters. The van der Waals surface area contributed by atoms with E-state index in [0.29, 0.717) is 6.04 Å². The predicted molar refractivity (Wildman–Crippen MR) is 76.1 cm³/mol. The molecule has 98 valence electrons. The molecule has 5 heteroatoms. The summed E-state index contributed by atoms with van der Waals surface area (Å²) in [5, 5.41) is 3.50. The molecule has 0 radical (unpaired) electrons. The fourth-order valence-corrected chi connectivity index (χ4v) is 2.66. The lowest BCUT2D eigenvalue weighted by atomic mass is 10.1. The third-order valence-electron chi connectivity index (χ3n) is 3.10. The number of rotatable bonds is 5. The van der Waals surface area contributed by atoms with E-state index in [-0.39, 0.29) is 0 Å². The molecule has 2 heterocycles. The van der Waals surface area contributed by atoms with Gasteiger partial charge in [0, 0.05) is 19.0 Å². The Morgan fingerprint density at radius 1 is 1.26 bits per heavy atom. The average Bonchev–Trinajstić information content (AvgIpc) is 3.06. The molecule has 0 saturated carbocycles. The second-order valence-corrected chi connectivity index (χ2v) is 5.14. The highest BCUT2D eigenvalue weighted by molar-refractivity contribution is 7.00. The van der Waals surface area contributed by atoms with Crippen LogP contribution in [0.1, 0.15) is 18.2 Å². The minimum absolute atomic E-state index is 0.355. The fourth-order valence-electron chi connectivity index (χ4n) is 2.09. The first-order valence-corrected chi connectivity index (χ1v) is 7.02. The number of furan rings is 1. The van der Waals surface area contributed by atoms with Crippen molar-refractivity contribution in [3.63, 3.8) is 0 Å². The van der Waals surface area contributed by atoms with E-state index in [1.807, 2.05) is 24.3 Å². The lowest BCUT2D eigenvalue weighted by Crippen LogP contribution is -2.27. The van der Waals surface area contributed by atoms with E-state index in [1.54, 1.807) is 6.26 Å². The van der Waals surface area contributed by atoms with Crippen molar-refractivity contribution < 1.29 is 4.42 Å². The van der Waals surface area contributed by atoms with Crippen LogP contribution in [0.2, 0.25) is 0 Å². The summed E-state index contributed by atoms with van der Waals surface area (Å²) in [6.07, 6.45) is 2.60. The van der Waals surface area contributed by atoms with E-state index in [1.165, 1.54) is 17.3 Å². The van der Waals surface area contributed by atoms with Gasteiger partial charge in [0.1, 0.15) is 16.8 Å². The summed E-state index contributed by atoms with van der Waals surface area (Å²) in [5.41, 5.74) is 3.17. The van der Waals surface area contributed by atoms with Crippen molar-refractivity contribution in [2.75, 3.05) is 0 Å². The van der Waals surface area contributed by atoms with Crippen LogP contribution in [0, 0.1) is 0 Å². The number of nitrogens with one attached hydrogen (secondary N) is 1. The molecule has 0 bridgehead atoms. The Labute approximate surface area is 115 Å². The molecule has 0 aliphatic heterocycles. The number of benzene rings is 1. The number of hydrogen-bond donors (Lipinski definition) is 1. The Morgan fingerprint density at radius 3 is 3.05 bits per heavy atom. The largest absolute Gasteiger partial charge is 0.469 e. The monoisotopic (exact) mass is 273 g/mol. The van der Waals surface area contributed by atoms with Crippen molar-refractivity contribution in [2.45, 2.75) is 25.9 Å². The molecule has 19 heavy (non-hydrogen) atoms. The van der Waals surface area contributed by atoms with Gasteiger partial charge in [-0.1, -0.05) is 12.1 Å². The highest BCUT2D eigenvalue weighted by Gasteiger charge is 2.08. The minimum Gasteiger partial charge on any atom is -0.469 e. The molecule has 3 aromatic rings. The molecule has 1 N–H and O–H groups in total. The van der Waals surface area contributed by atoms with E-state index >= 15 is 0 Å². The first-order chi connectivity index (χ1) is 9.33. The van der Waals surface area contributed by atoms with Crippen molar-refractivity contribution in [3.05, 3.63) is 47.9 Å². The molecule has 0 fully saturated rings. The summed E-state index contributed by atoms with van der Waals surface area (Å²) < 4.78 is 14.0. The van der Waals surface area contributed by atoms with E-state index in [9.17, 15) is 0 Å². The van der Waals surface area contributed by atoms with Gasteiger partial charge in [-0.2, -0.15) is 8.75 Å². The van der Waals surface area contributed by atoms with Crippen LogP contribution in [0.15, 0.2) is 41.0 Å². The Bertz CT molecular complexity index is 648. The van der Waals surface area contributed by atoms with Gasteiger partial charge in [0.15, 0.2) is 0 Å². The SMILES string of the molecule is CC(Cc1ccco1)NCc1cccc2nsnc12. The Kier molecular flexibility index (Phi) is 3.57. The first kappa shape index (κ1) is 12.3. The number of aromatic nitrogens is 2. The van der Waals surface area contributed by atoms with Gasteiger partial charge >= 0.3 is 0 Å². The fraction of sp³-hybridized carbons (Fsp3) is 0.286. The van der Waals surface area contributed by atoms with E-state index in [4.69, 9.17) is 4.42 Å². The maximum Gasteiger partial charge on any atom is 0.109 e. The van der Waals surface area contributed by atoms with Crippen LogP contribution in [0.25, 0.3) is 11.0 Å². The van der Waals surface area contributed by atoms with Crippen LogP contribution in [0.3, 0.4) is 0 Å². The number of nitrogens with zero attached hydrogens (tertiary/aromatic N) is 2. The maximum absolute atomic E-state index is 5.35. The lowest BCUT2D eigenvalue weighted by Gasteiger charge is -2.12. The molecule has 1 aromatic carbocycles. The van der Waals surface area contributed by atoms with Crippen LogP contribution in [0.4, 0.5) is 0 Å². The maximum atomic E-state index is 5.35. The predicted octanol–water partition coefficient (Wildman–Crippen LogP) is 3.01. The summed E-state index contributed by atoms with van der Waals surface area (Å²) in [7, 11) is 0. The standard InChI is InChI=1S/C14H15N3OS/c1-10(8-12-5-3-7-18-12)15-9-11-4-2-6-13-14(11)17-19-16-13/h2-7,10,15H,8-9H2,1H3. The van der Waals surface area contributed by atoms with Crippen LogP contribution >= 0.6 is 11.7 Å². The topological polar surface area (TPSA) is 51.0 Å². The second kappa shape index (κ2) is 5.50. The summed E-state index contributed by atoms with van der Waals surface area (Å²) in [6, 6.07) is 10.4. The molecule has 0 aliphatic carbocycles. The molecule has 3 rings (SSSR count). The zero-order valence-electron chi connectivity index (χ0n) is 10.7. The molecule has 0 aliphatic rings. The van der Waals surface area contributed by atoms with Gasteiger partial charge in [0.2, 0.25) is 0 Å². The van der Waals surface area contributed by atoms with Gasteiger partial charge in [-0.15, -0.1) is 0 Å². The molecule has 0 spiro atoms. The van der Waals surface area contributed by atoms with Crippen LogP contribution in [-0.4, -0.2) is 14.8 Å². The highest BCUT2D eigenvalue weighted by Crippen LogP contribution is 2.16. The zero-order valence-corrected chi connectivity index (χ0v) is 11.5. The van der Waals surface area contributed by atoms with Crippen molar-refractivity contribution in [2.24, 2.45) is 0 Å². The van der Waals surface area contributed by atoms with Gasteiger partial charge in [0.25, 0.3) is 0 Å². The second-order valence-electron chi connectivity index (χ2n) is 4.61. The number of fused-ring (bicyclic) bond motifs is 1. The molecule has 2 aromatic heterocycles. The summed E-state index contributed by atoms with van der Waals surface area (Å²) in [5.74, 6) is 1.01. The van der Waals surface area contributed by atoms with Crippen molar-refractivity contribution in [1.29, 1.82) is 0 Å². The Hall–Kier alpha value is -1.72. The zero-order chi connectivity index (χ0) is 13.1. The lowest BCUT2D eigenvalue weighted by molar-refractivity contribution is 0.457. The van der Waals surface area contributed by atoms with Gasteiger partial charge < -0.3 is 9.73 Å². The Balaban J connectivity index is 1.64. The third kappa shape index (κ3) is 2.83. The van der Waals surface area contributed by atoms with Crippen molar-refractivity contribution >= 4 is 22.8 Å². The third-order valence-corrected chi connectivity index (χ3v) is 3.64. The van der Waals surface area contributed by atoms with Crippen LogP contribution < -0.4 is 5.32 Å². The number of hydrogen-bond acceptors (Lipinski definition) is 5. The first-order valence-electron chi connectivity index (χ1n) is 6.29. The quantitative estimate of drug-likeness (QED) is 0.776. The molecule has 1 unspecified atom stereocenters. The summed E-state index contributed by atoms with van der Waals surface area (Å²) in [4.78, 5) is 0. The molecular weight excluding hydrogens is 258 g/mol. The molecule has 0 amide bonds. The van der Waals surface area contributed by atoms with E-state index in [0.717, 1.165) is 29.8 Å². The Morgan fingerprint density at radius 2 is 2.21 bits per heavy atom. The normalized spacial score (nSPS) is 12.9. The molecule has 0 saturated heterocycles. The van der Waals surface area contributed by atoms with E-state index in [2.05, 4.69) is 27.1 Å². The molecule has 4 nitrogen and oxygen atoms in total. The summed E-state index contributed by atoms with van der Waals surface area (Å²) in [6.45, 7) is 2.95. The van der Waals surface area contributed by atoms with Gasteiger partial charge in [-0.25, -0.2) is 0 Å². The van der Waals surface area contributed by atoms with E-state index < -0.39 is 0 Å². The van der Waals surface area contributed by atoms with Crippen molar-refractivity contribution in [1.82, 2.24) is 14.1 Å². The average molecular weight is 273 g/mol. The van der Waals surface area contributed by atoms with Crippen LogP contribution in [0.5, 0.6) is 0 Å². The van der Waals surface area contributed by atoms with Crippen LogP contribution in [-0.2, 0) is 13.0 Å². The minimum atomic E-state index is 0.355. The smallest absolute Gasteiger partial charge is 0.109 e. The highest BCUT2D eigenvalue weighted by atomic mass is 32.1. The summed E-state index contributed by atoms with van der Waals surface area (Å²) >= 11 is 1.26.